The van der Waals surface area contributed by atoms with Gasteiger partial charge in [0, 0.05) is 11.4 Å². The van der Waals surface area contributed by atoms with Gasteiger partial charge in [-0.1, -0.05) is 37.3 Å². The van der Waals surface area contributed by atoms with Gasteiger partial charge in [0.05, 0.1) is 0 Å². The molecule has 120 valence electrons. The van der Waals surface area contributed by atoms with Crippen LogP contribution in [0.2, 0.25) is 0 Å². The van der Waals surface area contributed by atoms with E-state index in [2.05, 4.69) is 31.2 Å². The Balaban J connectivity index is 1.84. The van der Waals surface area contributed by atoms with Crippen LogP contribution in [0.5, 0.6) is 5.75 Å². The lowest BCUT2D eigenvalue weighted by molar-refractivity contribution is 0.362. The molecule has 2 aromatic carbocycles. The number of nitrogens with two attached hydrogens (primary N) is 2. The number of ether oxygens (including phenoxy) is 1. The number of anilines is 1. The molecule has 4 N–H and O–H groups in total. The maximum atomic E-state index is 5.78. The highest BCUT2D eigenvalue weighted by Gasteiger charge is 1.98. The van der Waals surface area contributed by atoms with Gasteiger partial charge in [0.25, 0.3) is 0 Å². The van der Waals surface area contributed by atoms with Crippen molar-refractivity contribution in [1.82, 2.24) is 0 Å². The Kier molecular flexibility index (Phi) is 6.30. The quantitative estimate of drug-likeness (QED) is 0.599. The molecule has 0 unspecified atom stereocenters. The van der Waals surface area contributed by atoms with Crippen LogP contribution in [-0.2, 0) is 6.42 Å². The van der Waals surface area contributed by atoms with Gasteiger partial charge in [-0.25, -0.2) is 0 Å². The molecule has 0 heterocycles. The summed E-state index contributed by atoms with van der Waals surface area (Å²) in [7, 11) is 0. The molecular weight excluding hydrogens is 284 g/mol. The minimum atomic E-state index is 0.509. The zero-order valence-electron chi connectivity index (χ0n) is 13.5. The first-order valence-corrected chi connectivity index (χ1v) is 7.85. The zero-order chi connectivity index (χ0) is 16.5. The molecular formula is C20H24N2O. The third-order valence-electron chi connectivity index (χ3n) is 3.41. The van der Waals surface area contributed by atoms with Crippen molar-refractivity contribution in [2.45, 2.75) is 19.8 Å². The van der Waals surface area contributed by atoms with E-state index in [1.54, 1.807) is 0 Å². The molecule has 3 heteroatoms. The molecule has 0 spiro atoms. The number of benzene rings is 2. The van der Waals surface area contributed by atoms with E-state index < -0.39 is 0 Å². The first-order chi connectivity index (χ1) is 11.2. The Morgan fingerprint density at radius 3 is 2.22 bits per heavy atom. The molecule has 0 bridgehead atoms. The van der Waals surface area contributed by atoms with Crippen molar-refractivity contribution in [2.24, 2.45) is 5.73 Å². The Morgan fingerprint density at radius 1 is 1.00 bits per heavy atom. The highest BCUT2D eigenvalue weighted by Crippen LogP contribution is 2.16. The molecule has 0 radical (unpaired) electrons. The van der Waals surface area contributed by atoms with Crippen molar-refractivity contribution < 1.29 is 4.74 Å². The van der Waals surface area contributed by atoms with Gasteiger partial charge in [-0.3, -0.25) is 0 Å². The molecule has 2 rings (SSSR count). The summed E-state index contributed by atoms with van der Waals surface area (Å²) in [6.07, 6.45) is 7.59. The topological polar surface area (TPSA) is 61.3 Å². The highest BCUT2D eigenvalue weighted by molar-refractivity contribution is 5.41. The second-order valence-corrected chi connectivity index (χ2v) is 5.39. The fourth-order valence-corrected chi connectivity index (χ4v) is 2.21. The lowest BCUT2D eigenvalue weighted by Crippen LogP contribution is -1.97. The van der Waals surface area contributed by atoms with Crippen molar-refractivity contribution in [1.29, 1.82) is 0 Å². The van der Waals surface area contributed by atoms with Crippen LogP contribution in [-0.4, -0.2) is 6.61 Å². The predicted octanol–water partition coefficient (Wildman–Crippen LogP) is 4.05. The minimum absolute atomic E-state index is 0.509. The summed E-state index contributed by atoms with van der Waals surface area (Å²) in [5.41, 5.74) is 15.5. The van der Waals surface area contributed by atoms with E-state index in [1.807, 2.05) is 42.5 Å². The van der Waals surface area contributed by atoms with Gasteiger partial charge in [-0.05, 0) is 60.4 Å². The van der Waals surface area contributed by atoms with Crippen molar-refractivity contribution in [3.63, 3.8) is 0 Å². The van der Waals surface area contributed by atoms with Crippen molar-refractivity contribution in [2.75, 3.05) is 12.3 Å². The van der Waals surface area contributed by atoms with Gasteiger partial charge >= 0.3 is 0 Å². The molecule has 0 atom stereocenters. The van der Waals surface area contributed by atoms with Crippen molar-refractivity contribution in [3.05, 3.63) is 83.6 Å². The second kappa shape index (κ2) is 8.69. The normalized spacial score (nSPS) is 11.8. The first-order valence-electron chi connectivity index (χ1n) is 7.85. The number of nitrogen functional groups attached to an aromatic ring is 1. The van der Waals surface area contributed by atoms with E-state index >= 15 is 0 Å². The highest BCUT2D eigenvalue weighted by atomic mass is 16.5. The van der Waals surface area contributed by atoms with Crippen LogP contribution >= 0.6 is 0 Å². The van der Waals surface area contributed by atoms with Gasteiger partial charge in [0.2, 0.25) is 0 Å². The molecule has 0 amide bonds. The van der Waals surface area contributed by atoms with Gasteiger partial charge < -0.3 is 16.2 Å². The van der Waals surface area contributed by atoms with Gasteiger partial charge in [0.1, 0.15) is 12.4 Å². The number of allylic oxidation sites excluding steroid dienone is 2. The first kappa shape index (κ1) is 16.7. The van der Waals surface area contributed by atoms with E-state index in [0.29, 0.717) is 6.61 Å². The van der Waals surface area contributed by atoms with Crippen LogP contribution < -0.4 is 16.2 Å². The second-order valence-electron chi connectivity index (χ2n) is 5.39. The Hall–Kier alpha value is -2.68. The van der Waals surface area contributed by atoms with Crippen LogP contribution in [0.15, 0.2) is 72.5 Å². The fraction of sp³-hybridized carbons (Fsp3) is 0.200. The standard InChI is InChI=1S/C20H24N2O/c1-2-4-18(21)5-3-14-23-20-12-8-17(9-13-20)15-16-6-10-19(22)11-7-16/h3-13H,2,14-15,21-22H2,1H3/b5-3-,18-4+. The van der Waals surface area contributed by atoms with Crippen molar-refractivity contribution >= 4 is 5.69 Å². The van der Waals surface area contributed by atoms with Crippen LogP contribution in [0, 0.1) is 0 Å². The Bertz CT molecular complexity index is 655. The van der Waals surface area contributed by atoms with Crippen LogP contribution in [0.3, 0.4) is 0 Å². The SMILES string of the molecule is CC/C=C(N)\C=C/COc1ccc(Cc2ccc(N)cc2)cc1. The van der Waals surface area contributed by atoms with E-state index in [0.717, 1.165) is 30.0 Å². The van der Waals surface area contributed by atoms with Crippen LogP contribution in [0.25, 0.3) is 0 Å². The lowest BCUT2D eigenvalue weighted by Gasteiger charge is -2.06. The van der Waals surface area contributed by atoms with E-state index in [-0.39, 0.29) is 0 Å². The summed E-state index contributed by atoms with van der Waals surface area (Å²) in [4.78, 5) is 0. The van der Waals surface area contributed by atoms with Crippen LogP contribution in [0.4, 0.5) is 5.69 Å². The molecule has 0 aliphatic rings. The third kappa shape index (κ3) is 5.91. The summed E-state index contributed by atoms with van der Waals surface area (Å²) in [6.45, 7) is 2.57. The van der Waals surface area contributed by atoms with E-state index in [1.165, 1.54) is 11.1 Å². The monoisotopic (exact) mass is 308 g/mol. The summed E-state index contributed by atoms with van der Waals surface area (Å²) in [5.74, 6) is 0.855. The predicted molar refractivity (Wildman–Crippen MR) is 97.3 cm³/mol. The Morgan fingerprint density at radius 2 is 1.61 bits per heavy atom. The fourth-order valence-electron chi connectivity index (χ4n) is 2.21. The molecule has 2 aromatic rings. The summed E-state index contributed by atoms with van der Waals surface area (Å²) < 4.78 is 5.67. The average molecular weight is 308 g/mol. The maximum Gasteiger partial charge on any atom is 0.119 e. The molecule has 23 heavy (non-hydrogen) atoms. The molecule has 0 fully saturated rings. The zero-order valence-corrected chi connectivity index (χ0v) is 13.5. The summed E-state index contributed by atoms with van der Waals surface area (Å²) in [6, 6.07) is 16.1. The van der Waals surface area contributed by atoms with Crippen molar-refractivity contribution in [3.8, 4) is 5.75 Å². The maximum absolute atomic E-state index is 5.78. The van der Waals surface area contributed by atoms with Gasteiger partial charge in [0.15, 0.2) is 0 Å². The third-order valence-corrected chi connectivity index (χ3v) is 3.41. The molecule has 3 nitrogen and oxygen atoms in total. The molecule has 0 saturated carbocycles. The van der Waals surface area contributed by atoms with Gasteiger partial charge in [-0.2, -0.15) is 0 Å². The average Bonchev–Trinajstić information content (AvgIpc) is 2.55. The smallest absolute Gasteiger partial charge is 0.119 e. The Labute approximate surface area is 138 Å². The number of hydrogen-bond donors (Lipinski definition) is 2. The number of hydrogen-bond acceptors (Lipinski definition) is 3. The summed E-state index contributed by atoms with van der Waals surface area (Å²) >= 11 is 0. The number of rotatable bonds is 7. The van der Waals surface area contributed by atoms with Gasteiger partial charge in [-0.15, -0.1) is 0 Å². The molecule has 0 aliphatic heterocycles. The largest absolute Gasteiger partial charge is 0.490 e. The lowest BCUT2D eigenvalue weighted by atomic mass is 10.0. The van der Waals surface area contributed by atoms with Crippen LogP contribution in [0.1, 0.15) is 24.5 Å². The molecule has 0 aliphatic carbocycles. The molecule has 0 saturated heterocycles. The van der Waals surface area contributed by atoms with E-state index in [4.69, 9.17) is 16.2 Å². The summed E-state index contributed by atoms with van der Waals surface area (Å²) in [5, 5.41) is 0. The minimum Gasteiger partial charge on any atom is -0.490 e. The van der Waals surface area contributed by atoms with E-state index in [9.17, 15) is 0 Å². The molecule has 0 aromatic heterocycles.